The molecule has 7 rings (SSSR count). The van der Waals surface area contributed by atoms with Crippen LogP contribution in [0, 0.1) is 5.92 Å². The van der Waals surface area contributed by atoms with Crippen molar-refractivity contribution in [2.45, 2.75) is 64.2 Å². The fraction of sp³-hybridized carbons (Fsp3) is 0.400. The molecule has 5 aromatic rings. The van der Waals surface area contributed by atoms with Gasteiger partial charge in [-0.3, -0.25) is 4.90 Å². The number of anilines is 2. The molecular formula is C35H40N8O5. The SMILES string of the molecule is CC(C)(C)OC(=O)N(Cc1cn2ccc(-c3ccccc3)cc2n1)c1cc(NCC2CCN(C(=O)O)CC2O)nc2c(C3CC3)cnn12. The number of aliphatic hydroxyl groups is 1. The highest BCUT2D eigenvalue weighted by atomic mass is 16.6. The van der Waals surface area contributed by atoms with Gasteiger partial charge in [0, 0.05) is 43.0 Å². The molecule has 2 unspecified atom stereocenters. The lowest BCUT2D eigenvalue weighted by atomic mass is 9.94. The van der Waals surface area contributed by atoms with Crippen LogP contribution in [0.1, 0.15) is 57.2 Å². The van der Waals surface area contributed by atoms with Crippen molar-refractivity contribution in [1.29, 1.82) is 0 Å². The summed E-state index contributed by atoms with van der Waals surface area (Å²) in [6.45, 7) is 6.39. The minimum absolute atomic E-state index is 0.0616. The predicted octanol–water partition coefficient (Wildman–Crippen LogP) is 5.64. The van der Waals surface area contributed by atoms with E-state index in [-0.39, 0.29) is 19.0 Å². The number of amides is 2. The number of ether oxygens (including phenoxy) is 1. The number of pyridine rings is 1. The molecule has 1 saturated heterocycles. The zero-order valence-corrected chi connectivity index (χ0v) is 27.3. The number of piperidine rings is 1. The minimum Gasteiger partial charge on any atom is -0.465 e. The van der Waals surface area contributed by atoms with Crippen LogP contribution in [0.4, 0.5) is 21.2 Å². The van der Waals surface area contributed by atoms with Gasteiger partial charge in [-0.05, 0) is 69.2 Å². The average Bonchev–Trinajstić information content (AvgIpc) is 3.67. The fourth-order valence-electron chi connectivity index (χ4n) is 6.20. The number of fused-ring (bicyclic) bond motifs is 2. The molecule has 1 saturated carbocycles. The zero-order chi connectivity index (χ0) is 33.6. The Morgan fingerprint density at radius 1 is 1.06 bits per heavy atom. The van der Waals surface area contributed by atoms with E-state index in [1.807, 2.05) is 74.1 Å². The van der Waals surface area contributed by atoms with Gasteiger partial charge in [-0.1, -0.05) is 30.3 Å². The summed E-state index contributed by atoms with van der Waals surface area (Å²) in [6.07, 6.45) is 5.91. The number of aliphatic hydroxyl groups excluding tert-OH is 1. The standard InChI is InChI=1S/C35H40N8O5/c1-35(2,3)48-34(47)42(20-26-19-40-13-11-24(15-30(40)38-26)22-7-5-4-6-8-22)31-16-29(39-32-27(23-9-10-23)18-37-43(31)32)36-17-25-12-14-41(33(45)46)21-28(25)44/h4-8,11,13,15-16,18-19,23,25,28,44H,9-10,12,14,17,20-21H2,1-3H3,(H,36,39)(H,45,46). The maximum absolute atomic E-state index is 14.0. The van der Waals surface area contributed by atoms with Crippen LogP contribution < -0.4 is 10.2 Å². The molecule has 2 fully saturated rings. The average molecular weight is 653 g/mol. The van der Waals surface area contributed by atoms with Gasteiger partial charge in [-0.15, -0.1) is 0 Å². The Kier molecular flexibility index (Phi) is 8.15. The molecule has 1 aliphatic heterocycles. The number of carboxylic acid groups (broad SMARTS) is 1. The van der Waals surface area contributed by atoms with Crippen molar-refractivity contribution in [2.24, 2.45) is 5.92 Å². The summed E-state index contributed by atoms with van der Waals surface area (Å²) in [5, 5.41) is 28.1. The van der Waals surface area contributed by atoms with Crippen LogP contribution in [0.2, 0.25) is 0 Å². The zero-order valence-electron chi connectivity index (χ0n) is 27.3. The maximum Gasteiger partial charge on any atom is 0.416 e. The second-order valence-electron chi connectivity index (χ2n) is 13.7. The van der Waals surface area contributed by atoms with Crippen molar-refractivity contribution in [3.8, 4) is 11.1 Å². The third kappa shape index (κ3) is 6.63. The third-order valence-corrected chi connectivity index (χ3v) is 8.86. The molecule has 13 nitrogen and oxygen atoms in total. The minimum atomic E-state index is -1.03. The normalized spacial score (nSPS) is 18.3. The number of nitrogens with zero attached hydrogens (tertiary/aromatic N) is 7. The second kappa shape index (κ2) is 12.5. The molecule has 2 aliphatic rings. The quantitative estimate of drug-likeness (QED) is 0.194. The van der Waals surface area contributed by atoms with Crippen LogP contribution in [-0.4, -0.2) is 82.6 Å². The van der Waals surface area contributed by atoms with Gasteiger partial charge in [0.1, 0.15) is 22.9 Å². The Morgan fingerprint density at radius 2 is 1.85 bits per heavy atom. The number of benzene rings is 1. The summed E-state index contributed by atoms with van der Waals surface area (Å²) in [4.78, 5) is 37.9. The first-order valence-corrected chi connectivity index (χ1v) is 16.3. The molecule has 0 bridgehead atoms. The van der Waals surface area contributed by atoms with E-state index >= 15 is 0 Å². The van der Waals surface area contributed by atoms with E-state index in [9.17, 15) is 19.8 Å². The summed E-state index contributed by atoms with van der Waals surface area (Å²) in [5.41, 5.74) is 4.45. The smallest absolute Gasteiger partial charge is 0.416 e. The van der Waals surface area contributed by atoms with Crippen LogP contribution in [0.5, 0.6) is 0 Å². The van der Waals surface area contributed by atoms with Gasteiger partial charge in [0.2, 0.25) is 0 Å². The molecule has 4 aromatic heterocycles. The molecule has 13 heteroatoms. The van der Waals surface area contributed by atoms with E-state index in [2.05, 4.69) is 22.5 Å². The largest absolute Gasteiger partial charge is 0.465 e. The van der Waals surface area contributed by atoms with E-state index in [4.69, 9.17) is 14.7 Å². The number of nitrogens with one attached hydrogen (secondary N) is 1. The lowest BCUT2D eigenvalue weighted by Gasteiger charge is -2.34. The number of carbonyl (C=O) groups is 2. The molecule has 2 atom stereocenters. The number of imidazole rings is 1. The Hall–Kier alpha value is -5.17. The highest BCUT2D eigenvalue weighted by Gasteiger charge is 2.33. The molecule has 0 spiro atoms. The first-order valence-electron chi connectivity index (χ1n) is 16.3. The topological polar surface area (TPSA) is 150 Å². The lowest BCUT2D eigenvalue weighted by Crippen LogP contribution is -2.47. The van der Waals surface area contributed by atoms with E-state index in [0.29, 0.717) is 48.4 Å². The number of rotatable bonds is 8. The van der Waals surface area contributed by atoms with Crippen LogP contribution in [0.15, 0.2) is 67.1 Å². The maximum atomic E-state index is 14.0. The number of aromatic nitrogens is 5. The Morgan fingerprint density at radius 3 is 2.56 bits per heavy atom. The van der Waals surface area contributed by atoms with Gasteiger partial charge in [0.05, 0.1) is 31.1 Å². The van der Waals surface area contributed by atoms with E-state index in [1.54, 1.807) is 10.6 Å². The van der Waals surface area contributed by atoms with Gasteiger partial charge >= 0.3 is 12.2 Å². The molecule has 2 amide bonds. The molecular weight excluding hydrogens is 612 g/mol. The van der Waals surface area contributed by atoms with E-state index in [0.717, 1.165) is 35.2 Å². The van der Waals surface area contributed by atoms with Gasteiger partial charge in [-0.2, -0.15) is 9.61 Å². The highest BCUT2D eigenvalue weighted by Crippen LogP contribution is 2.42. The summed E-state index contributed by atoms with van der Waals surface area (Å²) in [5.74, 6) is 1.17. The Balaban J connectivity index is 1.23. The van der Waals surface area contributed by atoms with Crippen LogP contribution in [0.25, 0.3) is 22.4 Å². The first-order chi connectivity index (χ1) is 23.0. The third-order valence-electron chi connectivity index (χ3n) is 8.86. The molecule has 1 aliphatic carbocycles. The summed E-state index contributed by atoms with van der Waals surface area (Å²) in [7, 11) is 0. The number of hydrogen-bond acceptors (Lipinski definition) is 8. The van der Waals surface area contributed by atoms with Crippen molar-refractivity contribution in [1.82, 2.24) is 28.9 Å². The van der Waals surface area contributed by atoms with Crippen molar-refractivity contribution in [3.05, 3.63) is 78.4 Å². The Labute approximate surface area is 277 Å². The van der Waals surface area contributed by atoms with Gasteiger partial charge in [0.25, 0.3) is 0 Å². The van der Waals surface area contributed by atoms with Gasteiger partial charge in [-0.25, -0.2) is 19.6 Å². The summed E-state index contributed by atoms with van der Waals surface area (Å²) in [6, 6.07) is 15.9. The number of likely N-dealkylation sites (tertiary alicyclic amines) is 1. The van der Waals surface area contributed by atoms with Crippen molar-refractivity contribution >= 4 is 35.1 Å². The number of carbonyl (C=O) groups excluding carboxylic acids is 1. The van der Waals surface area contributed by atoms with Crippen LogP contribution >= 0.6 is 0 Å². The van der Waals surface area contributed by atoms with Crippen LogP contribution in [-0.2, 0) is 11.3 Å². The summed E-state index contributed by atoms with van der Waals surface area (Å²) >= 11 is 0. The number of hydrogen-bond donors (Lipinski definition) is 3. The molecule has 48 heavy (non-hydrogen) atoms. The fourth-order valence-corrected chi connectivity index (χ4v) is 6.20. The predicted molar refractivity (Wildman–Crippen MR) is 180 cm³/mol. The first kappa shape index (κ1) is 31.4. The van der Waals surface area contributed by atoms with Gasteiger partial charge < -0.3 is 29.6 Å². The molecule has 3 N–H and O–H groups in total. The Bertz CT molecular complexity index is 1960. The number of β-amino-alcohol motifs (C(OH)–C–C–N with tert-alkyl or cyclic N) is 1. The van der Waals surface area contributed by atoms with Crippen molar-refractivity contribution < 1.29 is 24.5 Å². The van der Waals surface area contributed by atoms with Crippen LogP contribution in [0.3, 0.4) is 0 Å². The molecule has 1 aromatic carbocycles. The highest BCUT2D eigenvalue weighted by molar-refractivity contribution is 5.88. The molecule has 5 heterocycles. The molecule has 250 valence electrons. The van der Waals surface area contributed by atoms with E-state index < -0.39 is 23.9 Å². The van der Waals surface area contributed by atoms with Gasteiger partial charge in [0.15, 0.2) is 5.65 Å². The van der Waals surface area contributed by atoms with Crippen molar-refractivity contribution in [2.75, 3.05) is 29.9 Å². The monoisotopic (exact) mass is 652 g/mol. The van der Waals surface area contributed by atoms with E-state index in [1.165, 1.54) is 9.80 Å². The second-order valence-corrected chi connectivity index (χ2v) is 13.7. The van der Waals surface area contributed by atoms with Crippen molar-refractivity contribution in [3.63, 3.8) is 0 Å². The lowest BCUT2D eigenvalue weighted by molar-refractivity contribution is 0.0294. The molecule has 0 radical (unpaired) electrons. The summed E-state index contributed by atoms with van der Waals surface area (Å²) < 4.78 is 9.54.